The van der Waals surface area contributed by atoms with Crippen LogP contribution in [0.3, 0.4) is 0 Å². The fourth-order valence-corrected chi connectivity index (χ4v) is 1.25. The van der Waals surface area contributed by atoms with Gasteiger partial charge in [-0.25, -0.2) is 0 Å². The van der Waals surface area contributed by atoms with Crippen molar-refractivity contribution in [1.82, 2.24) is 0 Å². The van der Waals surface area contributed by atoms with Gasteiger partial charge in [-0.15, -0.1) is 0 Å². The monoisotopic (exact) mass is 182 g/mol. The molecule has 0 spiro atoms. The van der Waals surface area contributed by atoms with Gasteiger partial charge in [0.2, 0.25) is 5.75 Å². The molecule has 1 aromatic carbocycles. The molecule has 0 saturated heterocycles. The molecule has 0 bridgehead atoms. The first-order chi connectivity index (χ1) is 6.20. The second kappa shape index (κ2) is 2.73. The molecule has 0 aliphatic carbocycles. The molecule has 4 heteroatoms. The predicted molar refractivity (Wildman–Crippen MR) is 45.5 cm³/mol. The zero-order valence-corrected chi connectivity index (χ0v) is 7.20. The minimum Gasteiger partial charge on any atom is -0.507 e. The lowest BCUT2D eigenvalue weighted by molar-refractivity contribution is 0.164. The van der Waals surface area contributed by atoms with E-state index in [0.717, 1.165) is 0 Å². The van der Waals surface area contributed by atoms with Gasteiger partial charge in [-0.1, -0.05) is 0 Å². The second-order valence-electron chi connectivity index (χ2n) is 2.89. The van der Waals surface area contributed by atoms with Gasteiger partial charge < -0.3 is 19.7 Å². The van der Waals surface area contributed by atoms with Crippen LogP contribution in [0, 0.1) is 6.92 Å². The van der Waals surface area contributed by atoms with Crippen LogP contribution in [0.5, 0.6) is 23.0 Å². The van der Waals surface area contributed by atoms with Gasteiger partial charge in [0.15, 0.2) is 11.5 Å². The van der Waals surface area contributed by atoms with E-state index < -0.39 is 0 Å². The summed E-state index contributed by atoms with van der Waals surface area (Å²) >= 11 is 0. The molecule has 4 nitrogen and oxygen atoms in total. The van der Waals surface area contributed by atoms with Gasteiger partial charge in [0, 0.05) is 11.6 Å². The van der Waals surface area contributed by atoms with Crippen LogP contribution in [0.1, 0.15) is 5.56 Å². The topological polar surface area (TPSA) is 58.9 Å². The van der Waals surface area contributed by atoms with Gasteiger partial charge >= 0.3 is 0 Å². The molecular weight excluding hydrogens is 172 g/mol. The number of hydrogen-bond donors (Lipinski definition) is 2. The number of rotatable bonds is 0. The highest BCUT2D eigenvalue weighted by atomic mass is 16.6. The summed E-state index contributed by atoms with van der Waals surface area (Å²) in [6, 6.07) is 1.45. The number of ether oxygens (including phenoxy) is 2. The third kappa shape index (κ3) is 1.14. The Balaban J connectivity index is 2.60. The molecule has 0 amide bonds. The maximum atomic E-state index is 9.56. The lowest BCUT2D eigenvalue weighted by Crippen LogP contribution is -2.15. The number of phenolic OH excluding ortho intramolecular Hbond substituents is 2. The van der Waals surface area contributed by atoms with E-state index in [-0.39, 0.29) is 11.5 Å². The van der Waals surface area contributed by atoms with E-state index in [1.807, 2.05) is 0 Å². The van der Waals surface area contributed by atoms with Crippen molar-refractivity contribution in [2.24, 2.45) is 0 Å². The van der Waals surface area contributed by atoms with E-state index in [0.29, 0.717) is 30.3 Å². The molecule has 0 atom stereocenters. The first-order valence-corrected chi connectivity index (χ1v) is 4.01. The zero-order chi connectivity index (χ0) is 9.42. The first kappa shape index (κ1) is 8.04. The van der Waals surface area contributed by atoms with E-state index >= 15 is 0 Å². The van der Waals surface area contributed by atoms with Crippen molar-refractivity contribution in [1.29, 1.82) is 0 Å². The highest BCUT2D eigenvalue weighted by molar-refractivity contribution is 5.60. The molecule has 0 aromatic heterocycles. The smallest absolute Gasteiger partial charge is 0.204 e. The van der Waals surface area contributed by atoms with Crippen LogP contribution in [-0.2, 0) is 0 Å². The lowest BCUT2D eigenvalue weighted by atomic mass is 10.1. The molecule has 13 heavy (non-hydrogen) atoms. The summed E-state index contributed by atoms with van der Waals surface area (Å²) < 4.78 is 10.4. The normalized spacial score (nSPS) is 14.2. The van der Waals surface area contributed by atoms with Crippen molar-refractivity contribution in [3.8, 4) is 23.0 Å². The second-order valence-corrected chi connectivity index (χ2v) is 2.89. The van der Waals surface area contributed by atoms with Gasteiger partial charge in [-0.2, -0.15) is 0 Å². The van der Waals surface area contributed by atoms with Crippen molar-refractivity contribution in [2.45, 2.75) is 6.92 Å². The van der Waals surface area contributed by atoms with Crippen LogP contribution in [0.2, 0.25) is 0 Å². The highest BCUT2D eigenvalue weighted by Crippen LogP contribution is 2.44. The van der Waals surface area contributed by atoms with Gasteiger partial charge in [0.25, 0.3) is 0 Å². The third-order valence-electron chi connectivity index (χ3n) is 2.03. The number of fused-ring (bicyclic) bond motifs is 1. The van der Waals surface area contributed by atoms with Crippen LogP contribution < -0.4 is 9.47 Å². The molecule has 70 valence electrons. The Labute approximate surface area is 75.3 Å². The Morgan fingerprint density at radius 2 is 1.92 bits per heavy atom. The fraction of sp³-hybridized carbons (Fsp3) is 0.333. The van der Waals surface area contributed by atoms with Crippen molar-refractivity contribution in [3.63, 3.8) is 0 Å². The summed E-state index contributed by atoms with van der Waals surface area (Å²) in [6.45, 7) is 2.47. The summed E-state index contributed by atoms with van der Waals surface area (Å²) in [6.07, 6.45) is 0. The number of benzene rings is 1. The standard InChI is InChI=1S/C9H10O4/c1-5-6(10)4-7-9(8(5)11)13-3-2-12-7/h4,10-11H,2-3H2,1H3. The number of hydrogen-bond acceptors (Lipinski definition) is 4. The average molecular weight is 182 g/mol. The third-order valence-corrected chi connectivity index (χ3v) is 2.03. The number of aromatic hydroxyl groups is 2. The minimum absolute atomic E-state index is 0.0155. The van der Waals surface area contributed by atoms with Crippen LogP contribution in [0.4, 0.5) is 0 Å². The van der Waals surface area contributed by atoms with E-state index in [2.05, 4.69) is 0 Å². The Kier molecular flexibility index (Phi) is 1.69. The summed E-state index contributed by atoms with van der Waals surface area (Å²) in [4.78, 5) is 0. The largest absolute Gasteiger partial charge is 0.507 e. The SMILES string of the molecule is Cc1c(O)cc2c(c1O)OCCO2. The Bertz CT molecular complexity index is 346. The molecule has 0 unspecified atom stereocenters. The molecule has 2 rings (SSSR count). The Morgan fingerprint density at radius 1 is 1.23 bits per heavy atom. The molecule has 1 aliphatic rings. The highest BCUT2D eigenvalue weighted by Gasteiger charge is 2.20. The molecule has 1 aromatic rings. The molecule has 0 fully saturated rings. The summed E-state index contributed by atoms with van der Waals surface area (Å²) in [5, 5.41) is 18.9. The molecule has 1 heterocycles. The van der Waals surface area contributed by atoms with Crippen LogP contribution in [0.15, 0.2) is 6.07 Å². The molecular formula is C9H10O4. The van der Waals surface area contributed by atoms with Crippen molar-refractivity contribution < 1.29 is 19.7 Å². The zero-order valence-electron chi connectivity index (χ0n) is 7.20. The summed E-state index contributed by atoms with van der Waals surface area (Å²) in [5.74, 6) is 0.685. The Hall–Kier alpha value is -1.58. The van der Waals surface area contributed by atoms with Gasteiger partial charge in [0.1, 0.15) is 19.0 Å². The average Bonchev–Trinajstić information content (AvgIpc) is 2.15. The predicted octanol–water partition coefficient (Wildman–Crippen LogP) is 1.18. The molecule has 1 aliphatic heterocycles. The van der Waals surface area contributed by atoms with Gasteiger partial charge in [-0.05, 0) is 6.92 Å². The lowest BCUT2D eigenvalue weighted by Gasteiger charge is -2.20. The maximum absolute atomic E-state index is 9.56. The van der Waals surface area contributed by atoms with E-state index in [9.17, 15) is 10.2 Å². The van der Waals surface area contributed by atoms with Crippen LogP contribution in [0.25, 0.3) is 0 Å². The molecule has 2 N–H and O–H groups in total. The minimum atomic E-state index is -0.0466. The summed E-state index contributed by atoms with van der Waals surface area (Å²) in [5.41, 5.74) is 0.407. The first-order valence-electron chi connectivity index (χ1n) is 4.01. The number of phenols is 2. The Morgan fingerprint density at radius 3 is 2.69 bits per heavy atom. The van der Waals surface area contributed by atoms with E-state index in [1.165, 1.54) is 6.07 Å². The van der Waals surface area contributed by atoms with Crippen LogP contribution >= 0.6 is 0 Å². The van der Waals surface area contributed by atoms with E-state index in [1.54, 1.807) is 6.92 Å². The van der Waals surface area contributed by atoms with Crippen molar-refractivity contribution in [3.05, 3.63) is 11.6 Å². The van der Waals surface area contributed by atoms with Crippen LogP contribution in [-0.4, -0.2) is 23.4 Å². The van der Waals surface area contributed by atoms with Gasteiger partial charge in [-0.3, -0.25) is 0 Å². The fourth-order valence-electron chi connectivity index (χ4n) is 1.25. The molecule has 0 saturated carbocycles. The quantitative estimate of drug-likeness (QED) is 0.632. The maximum Gasteiger partial charge on any atom is 0.204 e. The van der Waals surface area contributed by atoms with E-state index in [4.69, 9.17) is 9.47 Å². The molecule has 0 radical (unpaired) electrons. The van der Waals surface area contributed by atoms with Gasteiger partial charge in [0.05, 0.1) is 0 Å². The summed E-state index contributed by atoms with van der Waals surface area (Å²) in [7, 11) is 0. The van der Waals surface area contributed by atoms with Crippen molar-refractivity contribution >= 4 is 0 Å². The van der Waals surface area contributed by atoms with Crippen molar-refractivity contribution in [2.75, 3.05) is 13.2 Å².